The predicted octanol–water partition coefficient (Wildman–Crippen LogP) is 3.68. The molecule has 0 fully saturated rings. The van der Waals surface area contributed by atoms with E-state index in [0.29, 0.717) is 6.42 Å². The van der Waals surface area contributed by atoms with E-state index in [0.717, 1.165) is 11.1 Å². The summed E-state index contributed by atoms with van der Waals surface area (Å²) >= 11 is 0. The van der Waals surface area contributed by atoms with Crippen LogP contribution in [0.25, 0.3) is 11.1 Å². The van der Waals surface area contributed by atoms with Crippen LogP contribution >= 0.6 is 0 Å². The van der Waals surface area contributed by atoms with Crippen LogP contribution in [0.3, 0.4) is 0 Å². The third-order valence-corrected chi connectivity index (χ3v) is 2.91. The van der Waals surface area contributed by atoms with Gasteiger partial charge in [0.05, 0.1) is 0 Å². The highest BCUT2D eigenvalue weighted by atomic mass is 16.4. The highest BCUT2D eigenvalue weighted by Gasteiger charge is 2.02. The molecule has 0 saturated heterocycles. The van der Waals surface area contributed by atoms with E-state index in [-0.39, 0.29) is 6.42 Å². The normalized spacial score (nSPS) is 10.3. The van der Waals surface area contributed by atoms with Crippen LogP contribution in [0.2, 0.25) is 0 Å². The summed E-state index contributed by atoms with van der Waals surface area (Å²) < 4.78 is 0. The predicted molar refractivity (Wildman–Crippen MR) is 72.6 cm³/mol. The molecule has 0 saturated carbocycles. The molecule has 0 bridgehead atoms. The summed E-state index contributed by atoms with van der Waals surface area (Å²) in [5.74, 6) is -0.754. The number of hydrogen-bond donors (Lipinski definition) is 1. The summed E-state index contributed by atoms with van der Waals surface area (Å²) in [7, 11) is 0. The molecule has 0 aliphatic rings. The minimum Gasteiger partial charge on any atom is -0.481 e. The molecule has 0 amide bonds. The smallest absolute Gasteiger partial charge is 0.303 e. The Labute approximate surface area is 107 Å². The first kappa shape index (κ1) is 12.4. The van der Waals surface area contributed by atoms with Crippen LogP contribution in [-0.2, 0) is 11.2 Å². The van der Waals surface area contributed by atoms with Gasteiger partial charge in [-0.2, -0.15) is 0 Å². The van der Waals surface area contributed by atoms with E-state index in [9.17, 15) is 4.79 Å². The summed E-state index contributed by atoms with van der Waals surface area (Å²) in [5.41, 5.74) is 4.61. The first-order chi connectivity index (χ1) is 8.65. The van der Waals surface area contributed by atoms with Crippen molar-refractivity contribution in [2.75, 3.05) is 0 Å². The van der Waals surface area contributed by atoms with Crippen molar-refractivity contribution in [1.82, 2.24) is 0 Å². The second-order valence-electron chi connectivity index (χ2n) is 4.46. The number of rotatable bonds is 4. The lowest BCUT2D eigenvalue weighted by Gasteiger charge is -2.05. The lowest BCUT2D eigenvalue weighted by atomic mass is 10.00. The molecule has 18 heavy (non-hydrogen) atoms. The second kappa shape index (κ2) is 5.50. The lowest BCUT2D eigenvalue weighted by Crippen LogP contribution is -1.97. The van der Waals surface area contributed by atoms with Crippen LogP contribution in [-0.4, -0.2) is 11.1 Å². The fourth-order valence-corrected chi connectivity index (χ4v) is 1.98. The summed E-state index contributed by atoms with van der Waals surface area (Å²) in [4.78, 5) is 10.6. The van der Waals surface area contributed by atoms with Gasteiger partial charge in [0.15, 0.2) is 0 Å². The van der Waals surface area contributed by atoms with E-state index in [1.54, 1.807) is 0 Å². The average Bonchev–Trinajstić information content (AvgIpc) is 2.37. The van der Waals surface area contributed by atoms with Crippen LogP contribution in [0.15, 0.2) is 48.5 Å². The van der Waals surface area contributed by atoms with Gasteiger partial charge >= 0.3 is 5.97 Å². The lowest BCUT2D eigenvalue weighted by molar-refractivity contribution is -0.136. The van der Waals surface area contributed by atoms with Crippen LogP contribution in [0.1, 0.15) is 17.5 Å². The van der Waals surface area contributed by atoms with Crippen LogP contribution in [0.4, 0.5) is 0 Å². The van der Waals surface area contributed by atoms with E-state index in [4.69, 9.17) is 5.11 Å². The Bertz CT molecular complexity index is 559. The minimum absolute atomic E-state index is 0.178. The molecule has 0 aliphatic heterocycles. The molecule has 2 nitrogen and oxygen atoms in total. The molecule has 1 N–H and O–H groups in total. The molecule has 2 heteroatoms. The number of carbonyl (C=O) groups is 1. The molecule has 2 aromatic rings. The molecular formula is C16H16O2. The largest absolute Gasteiger partial charge is 0.481 e. The highest BCUT2D eigenvalue weighted by molar-refractivity contribution is 5.68. The average molecular weight is 240 g/mol. The Hall–Kier alpha value is -2.09. The maximum atomic E-state index is 10.6. The highest BCUT2D eigenvalue weighted by Crippen LogP contribution is 2.21. The summed E-state index contributed by atoms with van der Waals surface area (Å²) in [5, 5.41) is 8.70. The van der Waals surface area contributed by atoms with Gasteiger partial charge in [0.25, 0.3) is 0 Å². The first-order valence-corrected chi connectivity index (χ1v) is 6.03. The molecule has 0 spiro atoms. The SMILES string of the molecule is Cc1cccc(-c2cccc(CCC(=O)O)c2)c1. The maximum Gasteiger partial charge on any atom is 0.303 e. The van der Waals surface area contributed by atoms with Gasteiger partial charge in [0.2, 0.25) is 0 Å². The zero-order chi connectivity index (χ0) is 13.0. The number of aliphatic carboxylic acids is 1. The Morgan fingerprint density at radius 1 is 1.06 bits per heavy atom. The van der Waals surface area contributed by atoms with Gasteiger partial charge in [0.1, 0.15) is 0 Å². The van der Waals surface area contributed by atoms with Crippen molar-refractivity contribution >= 4 is 5.97 Å². The van der Waals surface area contributed by atoms with Gasteiger partial charge in [0, 0.05) is 6.42 Å². The Kier molecular flexibility index (Phi) is 3.78. The van der Waals surface area contributed by atoms with Crippen molar-refractivity contribution < 1.29 is 9.90 Å². The van der Waals surface area contributed by atoms with Crippen molar-refractivity contribution in [2.45, 2.75) is 19.8 Å². The van der Waals surface area contributed by atoms with E-state index >= 15 is 0 Å². The number of hydrogen-bond acceptors (Lipinski definition) is 1. The van der Waals surface area contributed by atoms with E-state index in [1.165, 1.54) is 11.1 Å². The molecule has 0 heterocycles. The summed E-state index contributed by atoms with van der Waals surface area (Å²) in [6.45, 7) is 2.07. The molecule has 0 radical (unpaired) electrons. The quantitative estimate of drug-likeness (QED) is 0.885. The van der Waals surface area contributed by atoms with Crippen molar-refractivity contribution in [3.05, 3.63) is 59.7 Å². The summed E-state index contributed by atoms with van der Waals surface area (Å²) in [6.07, 6.45) is 0.756. The fourth-order valence-electron chi connectivity index (χ4n) is 1.98. The number of benzene rings is 2. The minimum atomic E-state index is -0.754. The van der Waals surface area contributed by atoms with Gasteiger partial charge in [-0.25, -0.2) is 0 Å². The monoisotopic (exact) mass is 240 g/mol. The van der Waals surface area contributed by atoms with Crippen molar-refractivity contribution in [3.63, 3.8) is 0 Å². The molecule has 2 rings (SSSR count). The molecule has 0 aromatic heterocycles. The van der Waals surface area contributed by atoms with E-state index in [2.05, 4.69) is 37.3 Å². The van der Waals surface area contributed by atoms with E-state index < -0.39 is 5.97 Å². The first-order valence-electron chi connectivity index (χ1n) is 6.03. The van der Waals surface area contributed by atoms with Gasteiger partial charge < -0.3 is 5.11 Å². The summed E-state index contributed by atoms with van der Waals surface area (Å²) in [6, 6.07) is 16.4. The van der Waals surface area contributed by atoms with Gasteiger partial charge in [-0.3, -0.25) is 4.79 Å². The zero-order valence-corrected chi connectivity index (χ0v) is 10.4. The third kappa shape index (κ3) is 3.20. The molecule has 2 aromatic carbocycles. The van der Waals surface area contributed by atoms with Crippen molar-refractivity contribution in [1.29, 1.82) is 0 Å². The topological polar surface area (TPSA) is 37.3 Å². The van der Waals surface area contributed by atoms with E-state index in [1.807, 2.05) is 18.2 Å². The number of carboxylic acids is 1. The molecule has 92 valence electrons. The van der Waals surface area contributed by atoms with Gasteiger partial charge in [-0.15, -0.1) is 0 Å². The van der Waals surface area contributed by atoms with Gasteiger partial charge in [-0.05, 0) is 30.0 Å². The molecule has 0 aliphatic carbocycles. The van der Waals surface area contributed by atoms with Gasteiger partial charge in [-0.1, -0.05) is 54.1 Å². The van der Waals surface area contributed by atoms with Crippen molar-refractivity contribution in [3.8, 4) is 11.1 Å². The van der Waals surface area contributed by atoms with Crippen LogP contribution in [0.5, 0.6) is 0 Å². The number of carboxylic acid groups (broad SMARTS) is 1. The Morgan fingerprint density at radius 3 is 2.39 bits per heavy atom. The van der Waals surface area contributed by atoms with Crippen LogP contribution < -0.4 is 0 Å². The zero-order valence-electron chi connectivity index (χ0n) is 10.4. The maximum absolute atomic E-state index is 10.6. The Morgan fingerprint density at radius 2 is 1.72 bits per heavy atom. The standard InChI is InChI=1S/C16H16O2/c1-12-4-2-6-14(10-12)15-7-3-5-13(11-15)8-9-16(17)18/h2-7,10-11H,8-9H2,1H3,(H,17,18). The second-order valence-corrected chi connectivity index (χ2v) is 4.46. The van der Waals surface area contributed by atoms with Crippen LogP contribution in [0, 0.1) is 6.92 Å². The number of aryl methyl sites for hydroxylation is 2. The molecule has 0 unspecified atom stereocenters. The fraction of sp³-hybridized carbons (Fsp3) is 0.188. The molecule has 0 atom stereocenters. The Balaban J connectivity index is 2.24. The molecular weight excluding hydrogens is 224 g/mol. The van der Waals surface area contributed by atoms with Crippen molar-refractivity contribution in [2.24, 2.45) is 0 Å². The third-order valence-electron chi connectivity index (χ3n) is 2.91.